The standard InChI is InChI=1S/C21H28N2O4S2/c1-4-6-19-16(5-2)15-20(28-19)21(24)22-11-13-23(14-12-22)29(25,26)18-9-7-17(27-3)8-10-18/h7-10,15H,4-6,11-14H2,1-3H3. The summed E-state index contributed by atoms with van der Waals surface area (Å²) in [5.74, 6) is 0.623. The van der Waals surface area contributed by atoms with Crippen molar-refractivity contribution < 1.29 is 17.9 Å². The molecular formula is C21H28N2O4S2. The van der Waals surface area contributed by atoms with Gasteiger partial charge in [0, 0.05) is 31.1 Å². The minimum Gasteiger partial charge on any atom is -0.497 e. The zero-order valence-corrected chi connectivity index (χ0v) is 18.8. The highest BCUT2D eigenvalue weighted by Crippen LogP contribution is 2.27. The number of carbonyl (C=O) groups is 1. The van der Waals surface area contributed by atoms with E-state index in [2.05, 4.69) is 13.8 Å². The number of aryl methyl sites for hydroxylation is 2. The molecule has 3 rings (SSSR count). The van der Waals surface area contributed by atoms with Crippen LogP contribution in [-0.2, 0) is 22.9 Å². The normalized spacial score (nSPS) is 15.5. The molecule has 0 spiro atoms. The van der Waals surface area contributed by atoms with Gasteiger partial charge in [-0.15, -0.1) is 11.3 Å². The van der Waals surface area contributed by atoms with Crippen LogP contribution in [0.15, 0.2) is 35.2 Å². The first-order valence-electron chi connectivity index (χ1n) is 9.95. The Morgan fingerprint density at radius 3 is 2.31 bits per heavy atom. The van der Waals surface area contributed by atoms with Crippen molar-refractivity contribution in [2.45, 2.75) is 38.0 Å². The van der Waals surface area contributed by atoms with E-state index in [1.807, 2.05) is 6.07 Å². The molecule has 0 aliphatic carbocycles. The molecule has 1 aromatic carbocycles. The van der Waals surface area contributed by atoms with Crippen molar-refractivity contribution in [3.63, 3.8) is 0 Å². The minimum absolute atomic E-state index is 0.00792. The van der Waals surface area contributed by atoms with Crippen LogP contribution >= 0.6 is 11.3 Å². The fourth-order valence-electron chi connectivity index (χ4n) is 3.49. The lowest BCUT2D eigenvalue weighted by atomic mass is 10.1. The van der Waals surface area contributed by atoms with Crippen molar-refractivity contribution >= 4 is 27.3 Å². The van der Waals surface area contributed by atoms with Crippen LogP contribution in [0.2, 0.25) is 0 Å². The third kappa shape index (κ3) is 4.65. The Kier molecular flexibility index (Phi) is 6.97. The summed E-state index contributed by atoms with van der Waals surface area (Å²) in [5, 5.41) is 0. The van der Waals surface area contributed by atoms with E-state index in [-0.39, 0.29) is 10.8 Å². The molecule has 2 heterocycles. The van der Waals surface area contributed by atoms with Crippen LogP contribution in [-0.4, -0.2) is 56.8 Å². The molecule has 158 valence electrons. The van der Waals surface area contributed by atoms with Gasteiger partial charge < -0.3 is 9.64 Å². The number of methoxy groups -OCH3 is 1. The first-order chi connectivity index (χ1) is 13.9. The van der Waals surface area contributed by atoms with Gasteiger partial charge in [0.25, 0.3) is 5.91 Å². The average Bonchev–Trinajstić information content (AvgIpc) is 3.16. The molecule has 1 aromatic heterocycles. The second-order valence-corrected chi connectivity index (χ2v) is 10.1. The number of benzene rings is 1. The maximum absolute atomic E-state index is 12.9. The van der Waals surface area contributed by atoms with E-state index in [9.17, 15) is 13.2 Å². The van der Waals surface area contributed by atoms with Crippen molar-refractivity contribution in [3.8, 4) is 5.75 Å². The van der Waals surface area contributed by atoms with Gasteiger partial charge in [-0.1, -0.05) is 20.3 Å². The first-order valence-corrected chi connectivity index (χ1v) is 12.2. The Morgan fingerprint density at radius 1 is 1.10 bits per heavy atom. The van der Waals surface area contributed by atoms with Crippen molar-refractivity contribution in [2.24, 2.45) is 0 Å². The fraction of sp³-hybridized carbons (Fsp3) is 0.476. The van der Waals surface area contributed by atoms with Gasteiger partial charge in [0.15, 0.2) is 0 Å². The number of carbonyl (C=O) groups excluding carboxylic acids is 1. The topological polar surface area (TPSA) is 66.9 Å². The molecule has 0 unspecified atom stereocenters. The maximum Gasteiger partial charge on any atom is 0.264 e. The number of hydrogen-bond donors (Lipinski definition) is 0. The van der Waals surface area contributed by atoms with Gasteiger partial charge in [-0.05, 0) is 48.7 Å². The van der Waals surface area contributed by atoms with Crippen molar-refractivity contribution in [2.75, 3.05) is 33.3 Å². The Morgan fingerprint density at radius 2 is 1.76 bits per heavy atom. The van der Waals surface area contributed by atoms with Crippen LogP contribution in [0.25, 0.3) is 0 Å². The smallest absolute Gasteiger partial charge is 0.264 e. The molecule has 1 saturated heterocycles. The van der Waals surface area contributed by atoms with Crippen molar-refractivity contribution in [3.05, 3.63) is 45.6 Å². The summed E-state index contributed by atoms with van der Waals surface area (Å²) in [4.78, 5) is 17.0. The second-order valence-electron chi connectivity index (χ2n) is 7.03. The molecule has 0 N–H and O–H groups in total. The molecule has 1 fully saturated rings. The van der Waals surface area contributed by atoms with Gasteiger partial charge in [-0.25, -0.2) is 8.42 Å². The SMILES string of the molecule is CCCc1sc(C(=O)N2CCN(S(=O)(=O)c3ccc(OC)cc3)CC2)cc1CC. The van der Waals surface area contributed by atoms with Crippen LogP contribution in [0.1, 0.15) is 40.4 Å². The monoisotopic (exact) mass is 436 g/mol. The molecule has 8 heteroatoms. The highest BCUT2D eigenvalue weighted by molar-refractivity contribution is 7.89. The van der Waals surface area contributed by atoms with Gasteiger partial charge in [-0.2, -0.15) is 4.31 Å². The van der Waals surface area contributed by atoms with Crippen LogP contribution in [0.4, 0.5) is 0 Å². The number of hydrogen-bond acceptors (Lipinski definition) is 5. The van der Waals surface area contributed by atoms with Gasteiger partial charge in [0.1, 0.15) is 5.75 Å². The Balaban J connectivity index is 1.67. The number of thiophene rings is 1. The highest BCUT2D eigenvalue weighted by atomic mass is 32.2. The molecule has 0 radical (unpaired) electrons. The van der Waals surface area contributed by atoms with Crippen molar-refractivity contribution in [1.82, 2.24) is 9.21 Å². The van der Waals surface area contributed by atoms with Crippen LogP contribution in [0.5, 0.6) is 5.75 Å². The summed E-state index contributed by atoms with van der Waals surface area (Å²) < 4.78 is 32.3. The third-order valence-electron chi connectivity index (χ3n) is 5.19. The quantitative estimate of drug-likeness (QED) is 0.667. The molecule has 1 aliphatic heterocycles. The average molecular weight is 437 g/mol. The summed E-state index contributed by atoms with van der Waals surface area (Å²) in [7, 11) is -2.03. The van der Waals surface area contributed by atoms with E-state index in [0.717, 1.165) is 24.1 Å². The molecule has 0 atom stereocenters. The molecule has 0 bridgehead atoms. The summed E-state index contributed by atoms with van der Waals surface area (Å²) >= 11 is 1.58. The van der Waals surface area contributed by atoms with Gasteiger partial charge in [-0.3, -0.25) is 4.79 Å². The molecule has 2 aromatic rings. The molecule has 0 saturated carbocycles. The lowest BCUT2D eigenvalue weighted by molar-refractivity contribution is 0.0702. The summed E-state index contributed by atoms with van der Waals surface area (Å²) in [6.07, 6.45) is 2.98. The van der Waals surface area contributed by atoms with Gasteiger partial charge >= 0.3 is 0 Å². The predicted molar refractivity (Wildman–Crippen MR) is 115 cm³/mol. The number of ether oxygens (including phenoxy) is 1. The Hall–Kier alpha value is -1.90. The highest BCUT2D eigenvalue weighted by Gasteiger charge is 2.31. The zero-order chi connectivity index (χ0) is 21.0. The van der Waals surface area contributed by atoms with E-state index in [1.165, 1.54) is 14.7 Å². The first kappa shape index (κ1) is 21.8. The third-order valence-corrected chi connectivity index (χ3v) is 8.33. The summed E-state index contributed by atoms with van der Waals surface area (Å²) in [6.45, 7) is 5.65. The van der Waals surface area contributed by atoms with Gasteiger partial charge in [0.2, 0.25) is 10.0 Å². The summed E-state index contributed by atoms with van der Waals surface area (Å²) in [5.41, 5.74) is 1.25. The van der Waals surface area contributed by atoms with E-state index in [0.29, 0.717) is 31.9 Å². The molecular weight excluding hydrogens is 408 g/mol. The number of piperazine rings is 1. The van der Waals surface area contributed by atoms with E-state index < -0.39 is 10.0 Å². The molecule has 6 nitrogen and oxygen atoms in total. The second kappa shape index (κ2) is 9.28. The minimum atomic E-state index is -3.57. The number of nitrogens with zero attached hydrogens (tertiary/aromatic N) is 2. The fourth-order valence-corrected chi connectivity index (χ4v) is 6.24. The van der Waals surface area contributed by atoms with Crippen molar-refractivity contribution in [1.29, 1.82) is 0 Å². The largest absolute Gasteiger partial charge is 0.497 e. The van der Waals surface area contributed by atoms with E-state index >= 15 is 0 Å². The van der Waals surface area contributed by atoms with Gasteiger partial charge in [0.05, 0.1) is 16.9 Å². The van der Waals surface area contributed by atoms with E-state index in [1.54, 1.807) is 47.6 Å². The van der Waals surface area contributed by atoms with Crippen LogP contribution in [0.3, 0.4) is 0 Å². The zero-order valence-electron chi connectivity index (χ0n) is 17.2. The molecule has 1 amide bonds. The maximum atomic E-state index is 12.9. The Bertz CT molecular complexity index is 944. The molecule has 29 heavy (non-hydrogen) atoms. The van der Waals surface area contributed by atoms with Crippen LogP contribution in [0, 0.1) is 0 Å². The molecule has 1 aliphatic rings. The Labute approximate surface area is 177 Å². The van der Waals surface area contributed by atoms with E-state index in [4.69, 9.17) is 4.74 Å². The number of amides is 1. The lowest BCUT2D eigenvalue weighted by Crippen LogP contribution is -2.50. The lowest BCUT2D eigenvalue weighted by Gasteiger charge is -2.33. The number of sulfonamides is 1. The number of rotatable bonds is 7. The predicted octanol–water partition coefficient (Wildman–Crippen LogP) is 3.42. The van der Waals surface area contributed by atoms with Crippen LogP contribution < -0.4 is 4.74 Å². The summed E-state index contributed by atoms with van der Waals surface area (Å²) in [6, 6.07) is 8.40.